The van der Waals surface area contributed by atoms with Crippen molar-refractivity contribution < 1.29 is 36.3 Å². The van der Waals surface area contributed by atoms with Gasteiger partial charge >= 0.3 is 0 Å². The Morgan fingerprint density at radius 2 is 1.81 bits per heavy atom. The van der Waals surface area contributed by atoms with Crippen molar-refractivity contribution in [3.8, 4) is 5.75 Å². The molecule has 0 aliphatic carbocycles. The Hall–Kier alpha value is -3.04. The molecule has 4 nitrogen and oxygen atoms in total. The third-order valence-electron chi connectivity index (χ3n) is 8.11. The van der Waals surface area contributed by atoms with Crippen molar-refractivity contribution in [3.05, 3.63) is 83.3 Å². The van der Waals surface area contributed by atoms with Gasteiger partial charge in [0.25, 0.3) is 0 Å². The lowest BCUT2D eigenvalue weighted by atomic mass is 9.71. The summed E-state index contributed by atoms with van der Waals surface area (Å²) in [5.41, 5.74) is 0.355. The molecular formula is C27H26F5N2O2+. The van der Waals surface area contributed by atoms with Gasteiger partial charge in [0.15, 0.2) is 23.3 Å². The summed E-state index contributed by atoms with van der Waals surface area (Å²) in [5, 5.41) is 12.4. The Morgan fingerprint density at radius 3 is 2.47 bits per heavy atom. The predicted molar refractivity (Wildman–Crippen MR) is 123 cm³/mol. The van der Waals surface area contributed by atoms with E-state index in [1.54, 1.807) is 36.5 Å². The van der Waals surface area contributed by atoms with Gasteiger partial charge in [-0.3, -0.25) is 4.98 Å². The van der Waals surface area contributed by atoms with Crippen molar-refractivity contribution >= 4 is 10.9 Å². The molecule has 3 aliphatic heterocycles. The fourth-order valence-corrected chi connectivity index (χ4v) is 6.22. The first kappa shape index (κ1) is 24.6. The van der Waals surface area contributed by atoms with E-state index in [-0.39, 0.29) is 16.3 Å². The average molecular weight is 506 g/mol. The highest BCUT2D eigenvalue weighted by molar-refractivity contribution is 5.83. The lowest BCUT2D eigenvalue weighted by Gasteiger charge is -2.58. The van der Waals surface area contributed by atoms with Crippen LogP contribution in [0.1, 0.15) is 30.1 Å². The molecule has 0 saturated carbocycles. The minimum atomic E-state index is -2.18. The van der Waals surface area contributed by atoms with Gasteiger partial charge in [0, 0.05) is 30.3 Å². The molecular weight excluding hydrogens is 479 g/mol. The highest BCUT2D eigenvalue weighted by atomic mass is 19.2. The summed E-state index contributed by atoms with van der Waals surface area (Å²) in [6.45, 7) is 4.27. The number of ether oxygens (including phenoxy) is 1. The van der Waals surface area contributed by atoms with E-state index in [2.05, 4.69) is 11.6 Å². The van der Waals surface area contributed by atoms with Crippen LogP contribution in [-0.4, -0.2) is 40.8 Å². The first-order valence-electron chi connectivity index (χ1n) is 11.8. The minimum absolute atomic E-state index is 0.00209. The normalized spacial score (nSPS) is 26.2. The molecule has 3 aromatic rings. The SMILES string of the molecule is C=CC1C[N+]2(Cc3c(F)c(F)c(F)c(F)c3F)CC[C@H]1CC2C(O)c1ccnc2ccc(OC)cc12. The van der Waals surface area contributed by atoms with Crippen LogP contribution >= 0.6 is 0 Å². The van der Waals surface area contributed by atoms with Gasteiger partial charge in [-0.05, 0) is 35.7 Å². The number of hydrogen-bond donors (Lipinski definition) is 1. The van der Waals surface area contributed by atoms with Crippen LogP contribution in [0.25, 0.3) is 10.9 Å². The molecule has 36 heavy (non-hydrogen) atoms. The van der Waals surface area contributed by atoms with Crippen molar-refractivity contribution in [3.63, 3.8) is 0 Å². The van der Waals surface area contributed by atoms with Crippen LogP contribution < -0.4 is 4.74 Å². The third-order valence-corrected chi connectivity index (χ3v) is 8.11. The molecule has 1 N–H and O–H groups in total. The predicted octanol–water partition coefficient (Wildman–Crippen LogP) is 5.58. The molecule has 4 unspecified atom stereocenters. The fraction of sp³-hybridized carbons (Fsp3) is 0.370. The van der Waals surface area contributed by atoms with E-state index in [4.69, 9.17) is 4.74 Å². The van der Waals surface area contributed by atoms with E-state index in [0.29, 0.717) is 48.1 Å². The zero-order valence-electron chi connectivity index (χ0n) is 19.7. The van der Waals surface area contributed by atoms with E-state index >= 15 is 0 Å². The largest absolute Gasteiger partial charge is 0.497 e. The van der Waals surface area contributed by atoms with E-state index in [1.165, 1.54) is 7.11 Å². The lowest BCUT2D eigenvalue weighted by molar-refractivity contribution is -0.985. The number of pyridine rings is 1. The second kappa shape index (κ2) is 9.12. The number of nitrogens with zero attached hydrogens (tertiary/aromatic N) is 2. The minimum Gasteiger partial charge on any atom is -0.497 e. The maximum Gasteiger partial charge on any atom is 0.200 e. The quantitative estimate of drug-likeness (QED) is 0.156. The molecule has 1 aromatic heterocycles. The monoisotopic (exact) mass is 505 g/mol. The van der Waals surface area contributed by atoms with Crippen LogP contribution in [0.15, 0.2) is 43.1 Å². The molecule has 0 spiro atoms. The van der Waals surface area contributed by atoms with Crippen LogP contribution in [0.2, 0.25) is 0 Å². The highest BCUT2D eigenvalue weighted by Crippen LogP contribution is 2.48. The maximum atomic E-state index is 14.8. The molecule has 190 valence electrons. The average Bonchev–Trinajstić information content (AvgIpc) is 2.92. The summed E-state index contributed by atoms with van der Waals surface area (Å²) in [6, 6.07) is 6.44. The molecule has 3 fully saturated rings. The van der Waals surface area contributed by atoms with Gasteiger partial charge < -0.3 is 14.3 Å². The van der Waals surface area contributed by atoms with Gasteiger partial charge in [-0.2, -0.15) is 0 Å². The Morgan fingerprint density at radius 1 is 1.11 bits per heavy atom. The number of methoxy groups -OCH3 is 1. The fourth-order valence-electron chi connectivity index (χ4n) is 6.22. The molecule has 0 amide bonds. The second-order valence-electron chi connectivity index (χ2n) is 9.81. The van der Waals surface area contributed by atoms with Crippen LogP contribution in [0.4, 0.5) is 22.0 Å². The van der Waals surface area contributed by atoms with Crippen molar-refractivity contribution in [1.29, 1.82) is 0 Å². The van der Waals surface area contributed by atoms with Crippen molar-refractivity contribution in [1.82, 2.24) is 4.98 Å². The number of piperidine rings is 3. The number of quaternary nitrogens is 1. The highest BCUT2D eigenvalue weighted by Gasteiger charge is 2.54. The first-order chi connectivity index (χ1) is 17.2. The van der Waals surface area contributed by atoms with Crippen molar-refractivity contribution in [2.75, 3.05) is 20.2 Å². The molecule has 0 radical (unpaired) electrons. The number of benzene rings is 2. The van der Waals surface area contributed by atoms with E-state index in [9.17, 15) is 27.1 Å². The van der Waals surface area contributed by atoms with E-state index in [1.807, 2.05) is 0 Å². The summed E-state index contributed by atoms with van der Waals surface area (Å²) in [7, 11) is 1.53. The number of aliphatic hydroxyl groups is 1. The van der Waals surface area contributed by atoms with Crippen LogP contribution in [0, 0.1) is 40.9 Å². The number of fused-ring (bicyclic) bond motifs is 4. The van der Waals surface area contributed by atoms with Crippen LogP contribution in [0.5, 0.6) is 5.75 Å². The van der Waals surface area contributed by atoms with Gasteiger partial charge in [0.2, 0.25) is 5.82 Å². The Labute approximate surface area is 205 Å². The van der Waals surface area contributed by atoms with Crippen LogP contribution in [-0.2, 0) is 6.54 Å². The van der Waals surface area contributed by atoms with Crippen molar-refractivity contribution in [2.45, 2.75) is 31.5 Å². The van der Waals surface area contributed by atoms with Gasteiger partial charge in [-0.25, -0.2) is 22.0 Å². The first-order valence-corrected chi connectivity index (χ1v) is 11.8. The molecule has 4 heterocycles. The molecule has 3 saturated heterocycles. The van der Waals surface area contributed by atoms with Gasteiger partial charge in [-0.1, -0.05) is 6.08 Å². The summed E-state index contributed by atoms with van der Waals surface area (Å²) >= 11 is 0. The standard InChI is InChI=1S/C27H26F5N2O2/c1-3-14-12-34(13-19-22(28)24(30)26(32)25(31)23(19)29)9-7-15(14)10-21(34)27(35)17-6-8-33-20-5-4-16(36-2)11-18(17)20/h3-6,8,11,14-15,21,27,35H,1,7,9-10,12-13H2,2H3/q+1/t14?,15-,21?,27?,34?/m0/s1. The summed E-state index contributed by atoms with van der Waals surface area (Å²) in [5.74, 6) is -8.98. The molecule has 3 aliphatic rings. The van der Waals surface area contributed by atoms with Crippen LogP contribution in [0.3, 0.4) is 0 Å². The van der Waals surface area contributed by atoms with Gasteiger partial charge in [0.05, 0.1) is 31.3 Å². The second-order valence-corrected chi connectivity index (χ2v) is 9.81. The lowest BCUT2D eigenvalue weighted by Crippen LogP contribution is -2.67. The summed E-state index contributed by atoms with van der Waals surface area (Å²) in [6.07, 6.45) is 3.49. The third kappa shape index (κ3) is 3.76. The Kier molecular flexibility index (Phi) is 6.24. The smallest absolute Gasteiger partial charge is 0.200 e. The zero-order chi connectivity index (χ0) is 25.8. The van der Waals surface area contributed by atoms with E-state index in [0.717, 1.165) is 0 Å². The molecule has 2 bridgehead atoms. The Bertz CT molecular complexity index is 1320. The van der Waals surface area contributed by atoms with Gasteiger partial charge in [0.1, 0.15) is 24.4 Å². The zero-order valence-corrected chi connectivity index (χ0v) is 19.7. The molecule has 2 aromatic carbocycles. The number of hydrogen-bond acceptors (Lipinski definition) is 3. The van der Waals surface area contributed by atoms with E-state index < -0.39 is 53.3 Å². The number of rotatable bonds is 6. The Balaban J connectivity index is 1.62. The van der Waals surface area contributed by atoms with Gasteiger partial charge in [-0.15, -0.1) is 6.58 Å². The summed E-state index contributed by atoms with van der Waals surface area (Å²) < 4.78 is 76.7. The molecule has 6 rings (SSSR count). The topological polar surface area (TPSA) is 42.4 Å². The number of aliphatic hydroxyl groups excluding tert-OH is 1. The molecule has 5 atom stereocenters. The summed E-state index contributed by atoms with van der Waals surface area (Å²) in [4.78, 5) is 4.35. The number of halogens is 5. The molecule has 9 heteroatoms. The van der Waals surface area contributed by atoms with Crippen molar-refractivity contribution in [2.24, 2.45) is 11.8 Å². The number of aromatic nitrogens is 1. The maximum absolute atomic E-state index is 14.8.